The van der Waals surface area contributed by atoms with E-state index in [1.165, 1.54) is 18.3 Å². The molecule has 6 nitrogen and oxygen atoms in total. The molecule has 0 radical (unpaired) electrons. The number of carbonyl (C=O) groups excluding carboxylic acids is 1. The van der Waals surface area contributed by atoms with Crippen molar-refractivity contribution in [1.29, 1.82) is 0 Å². The molecule has 1 aromatic rings. The maximum Gasteiger partial charge on any atom is 0.326 e. The van der Waals surface area contributed by atoms with Gasteiger partial charge in [0.05, 0.1) is 0 Å². The number of carboxylic acid groups (broad SMARTS) is 1. The van der Waals surface area contributed by atoms with E-state index in [0.29, 0.717) is 6.42 Å². The number of carbonyl (C=O) groups is 2. The Bertz CT molecular complexity index is 447. The van der Waals surface area contributed by atoms with Gasteiger partial charge in [-0.15, -0.1) is 0 Å². The molecule has 1 aromatic heterocycles. The molecule has 0 unspecified atom stereocenters. The summed E-state index contributed by atoms with van der Waals surface area (Å²) in [5, 5.41) is 20.9. The number of pyridine rings is 1. The van der Waals surface area contributed by atoms with Gasteiger partial charge in [0.25, 0.3) is 5.91 Å². The summed E-state index contributed by atoms with van der Waals surface area (Å²) in [6.07, 6.45) is 1.97. The van der Waals surface area contributed by atoms with Crippen LogP contribution in [-0.2, 0) is 4.79 Å². The zero-order valence-electron chi connectivity index (χ0n) is 10.3. The van der Waals surface area contributed by atoms with Crippen molar-refractivity contribution >= 4 is 11.9 Å². The third kappa shape index (κ3) is 3.19. The van der Waals surface area contributed by atoms with E-state index in [9.17, 15) is 14.7 Å². The van der Waals surface area contributed by atoms with Crippen LogP contribution in [0.3, 0.4) is 0 Å². The molecule has 2 atom stereocenters. The zero-order chi connectivity index (χ0) is 13.7. The van der Waals surface area contributed by atoms with Crippen LogP contribution in [0.15, 0.2) is 18.3 Å². The topological polar surface area (TPSA) is 99.5 Å². The Morgan fingerprint density at radius 2 is 2.17 bits per heavy atom. The maximum absolute atomic E-state index is 11.8. The molecule has 0 fully saturated rings. The summed E-state index contributed by atoms with van der Waals surface area (Å²) in [7, 11) is 0. The molecule has 3 N–H and O–H groups in total. The van der Waals surface area contributed by atoms with Crippen LogP contribution < -0.4 is 5.32 Å². The molecule has 0 spiro atoms. The highest BCUT2D eigenvalue weighted by molar-refractivity contribution is 5.97. The summed E-state index contributed by atoms with van der Waals surface area (Å²) in [5.41, 5.74) is -0.174. The molecule has 0 aliphatic carbocycles. The van der Waals surface area contributed by atoms with Crippen LogP contribution in [0.25, 0.3) is 0 Å². The number of aromatic nitrogens is 1. The van der Waals surface area contributed by atoms with Crippen molar-refractivity contribution in [3.05, 3.63) is 24.0 Å². The van der Waals surface area contributed by atoms with Crippen LogP contribution in [0.1, 0.15) is 30.8 Å². The average molecular weight is 252 g/mol. The highest BCUT2D eigenvalue weighted by Crippen LogP contribution is 2.14. The van der Waals surface area contributed by atoms with Crippen LogP contribution >= 0.6 is 0 Å². The van der Waals surface area contributed by atoms with E-state index < -0.39 is 17.9 Å². The van der Waals surface area contributed by atoms with Crippen molar-refractivity contribution in [3.63, 3.8) is 0 Å². The number of rotatable bonds is 5. The van der Waals surface area contributed by atoms with Crippen LogP contribution in [0.4, 0.5) is 0 Å². The molecular weight excluding hydrogens is 236 g/mol. The lowest BCUT2D eigenvalue weighted by Gasteiger charge is -2.19. The van der Waals surface area contributed by atoms with Gasteiger partial charge in [-0.3, -0.25) is 4.79 Å². The van der Waals surface area contributed by atoms with E-state index >= 15 is 0 Å². The van der Waals surface area contributed by atoms with Gasteiger partial charge in [-0.05, 0) is 18.1 Å². The SMILES string of the molecule is CC[C@H](C)[C@H](NC(=O)c1ncccc1O)C(=O)O. The first-order valence-electron chi connectivity index (χ1n) is 5.65. The Balaban J connectivity index is 2.86. The number of aliphatic carboxylic acids is 1. The number of hydrogen-bond donors (Lipinski definition) is 3. The first-order chi connectivity index (χ1) is 8.47. The van der Waals surface area contributed by atoms with E-state index in [1.807, 2.05) is 6.92 Å². The molecule has 0 aliphatic heterocycles. The monoisotopic (exact) mass is 252 g/mol. The summed E-state index contributed by atoms with van der Waals surface area (Å²) < 4.78 is 0. The van der Waals surface area contributed by atoms with Crippen molar-refractivity contribution in [1.82, 2.24) is 10.3 Å². The van der Waals surface area contributed by atoms with E-state index in [-0.39, 0.29) is 17.4 Å². The second kappa shape index (κ2) is 6.00. The van der Waals surface area contributed by atoms with Crippen LogP contribution in [0.5, 0.6) is 5.75 Å². The van der Waals surface area contributed by atoms with Crippen molar-refractivity contribution < 1.29 is 19.8 Å². The predicted molar refractivity (Wildman–Crippen MR) is 64.2 cm³/mol. The number of nitrogens with zero attached hydrogens (tertiary/aromatic N) is 1. The Hall–Kier alpha value is -2.11. The minimum atomic E-state index is -1.10. The Morgan fingerprint density at radius 3 is 2.67 bits per heavy atom. The summed E-state index contributed by atoms with van der Waals surface area (Å²) in [6, 6.07) is 1.81. The van der Waals surface area contributed by atoms with E-state index in [0.717, 1.165) is 0 Å². The number of hydrogen-bond acceptors (Lipinski definition) is 4. The van der Waals surface area contributed by atoms with Crippen molar-refractivity contribution in [2.45, 2.75) is 26.3 Å². The molecule has 0 aliphatic rings. The van der Waals surface area contributed by atoms with Gasteiger partial charge < -0.3 is 15.5 Å². The van der Waals surface area contributed by atoms with Gasteiger partial charge in [-0.2, -0.15) is 0 Å². The Labute approximate surface area is 105 Å². The van der Waals surface area contributed by atoms with Gasteiger partial charge in [0, 0.05) is 6.20 Å². The fourth-order valence-electron chi connectivity index (χ4n) is 1.46. The summed E-state index contributed by atoms with van der Waals surface area (Å²) >= 11 is 0. The quantitative estimate of drug-likeness (QED) is 0.726. The highest BCUT2D eigenvalue weighted by Gasteiger charge is 2.26. The van der Waals surface area contributed by atoms with Crippen molar-refractivity contribution in [2.75, 3.05) is 0 Å². The minimum absolute atomic E-state index is 0.174. The molecule has 18 heavy (non-hydrogen) atoms. The average Bonchev–Trinajstić information content (AvgIpc) is 2.35. The summed E-state index contributed by atoms with van der Waals surface area (Å²) in [4.78, 5) is 26.6. The largest absolute Gasteiger partial charge is 0.505 e. The lowest BCUT2D eigenvalue weighted by atomic mass is 9.99. The minimum Gasteiger partial charge on any atom is -0.505 e. The van der Waals surface area contributed by atoms with E-state index in [1.54, 1.807) is 6.92 Å². The summed E-state index contributed by atoms with van der Waals surface area (Å²) in [6.45, 7) is 3.57. The van der Waals surface area contributed by atoms with Crippen LogP contribution in [0.2, 0.25) is 0 Å². The second-order valence-corrected chi connectivity index (χ2v) is 4.05. The lowest BCUT2D eigenvalue weighted by Crippen LogP contribution is -2.45. The van der Waals surface area contributed by atoms with Crippen LogP contribution in [-0.4, -0.2) is 33.1 Å². The first kappa shape index (κ1) is 14.0. The third-order valence-electron chi connectivity index (χ3n) is 2.77. The molecule has 0 saturated heterocycles. The van der Waals surface area contributed by atoms with E-state index in [4.69, 9.17) is 5.11 Å². The second-order valence-electron chi connectivity index (χ2n) is 4.05. The van der Waals surface area contributed by atoms with Crippen molar-refractivity contribution in [2.24, 2.45) is 5.92 Å². The Kier molecular flexibility index (Phi) is 4.65. The molecule has 1 amide bonds. The van der Waals surface area contributed by atoms with Gasteiger partial charge in [0.1, 0.15) is 11.8 Å². The van der Waals surface area contributed by atoms with Crippen molar-refractivity contribution in [3.8, 4) is 5.75 Å². The van der Waals surface area contributed by atoms with Crippen LogP contribution in [0, 0.1) is 5.92 Å². The summed E-state index contributed by atoms with van der Waals surface area (Å²) in [5.74, 6) is -2.28. The number of amides is 1. The van der Waals surface area contributed by atoms with Gasteiger partial charge in [0.15, 0.2) is 5.69 Å². The maximum atomic E-state index is 11.8. The lowest BCUT2D eigenvalue weighted by molar-refractivity contribution is -0.140. The van der Waals surface area contributed by atoms with E-state index in [2.05, 4.69) is 10.3 Å². The van der Waals surface area contributed by atoms with Gasteiger partial charge in [0.2, 0.25) is 0 Å². The number of nitrogens with one attached hydrogen (secondary N) is 1. The fourth-order valence-corrected chi connectivity index (χ4v) is 1.46. The molecule has 6 heteroatoms. The zero-order valence-corrected chi connectivity index (χ0v) is 10.3. The normalized spacial score (nSPS) is 13.7. The van der Waals surface area contributed by atoms with Gasteiger partial charge >= 0.3 is 5.97 Å². The number of aromatic hydroxyl groups is 1. The number of carboxylic acids is 1. The molecule has 0 aromatic carbocycles. The first-order valence-corrected chi connectivity index (χ1v) is 5.65. The molecule has 1 heterocycles. The fraction of sp³-hybridized carbons (Fsp3) is 0.417. The Morgan fingerprint density at radius 1 is 1.50 bits per heavy atom. The van der Waals surface area contributed by atoms with Gasteiger partial charge in [-0.25, -0.2) is 9.78 Å². The molecule has 0 saturated carbocycles. The predicted octanol–water partition coefficient (Wildman–Crippen LogP) is 1.02. The molecule has 98 valence electrons. The standard InChI is InChI=1S/C12H16N2O4/c1-3-7(2)9(12(17)18)14-11(16)10-8(15)5-4-6-13-10/h4-7,9,15H,3H2,1-2H3,(H,14,16)(H,17,18)/t7-,9-/m0/s1. The molecule has 1 rings (SSSR count). The molecular formula is C12H16N2O4. The third-order valence-corrected chi connectivity index (χ3v) is 2.77. The molecule has 0 bridgehead atoms. The van der Waals surface area contributed by atoms with Gasteiger partial charge in [-0.1, -0.05) is 20.3 Å². The highest BCUT2D eigenvalue weighted by atomic mass is 16.4. The smallest absolute Gasteiger partial charge is 0.326 e.